The number of aromatic nitrogens is 2. The van der Waals surface area contributed by atoms with Gasteiger partial charge in [0.2, 0.25) is 5.91 Å². The Hall–Kier alpha value is -0.760. The summed E-state index contributed by atoms with van der Waals surface area (Å²) in [5.41, 5.74) is 1.06. The van der Waals surface area contributed by atoms with Gasteiger partial charge in [-0.05, 0) is 30.4 Å². The zero-order valence-electron chi connectivity index (χ0n) is 12.2. The fraction of sp³-hybridized carbons (Fsp3) is 0.357. The Morgan fingerprint density at radius 1 is 1.32 bits per heavy atom. The molecule has 0 aliphatic carbocycles. The van der Waals surface area contributed by atoms with Gasteiger partial charge in [-0.3, -0.25) is 4.79 Å². The molecule has 4 nitrogen and oxygen atoms in total. The summed E-state index contributed by atoms with van der Waals surface area (Å²) in [5.74, 6) is 0.334. The number of carbonyl (C=O) groups excluding carboxylic acids is 1. The summed E-state index contributed by atoms with van der Waals surface area (Å²) in [6, 6.07) is 7.57. The first-order chi connectivity index (χ1) is 10.6. The van der Waals surface area contributed by atoms with Crippen molar-refractivity contribution in [3.63, 3.8) is 0 Å². The van der Waals surface area contributed by atoms with Crippen LogP contribution < -0.4 is 5.32 Å². The second-order valence-electron chi connectivity index (χ2n) is 4.41. The van der Waals surface area contributed by atoms with Crippen LogP contribution in [0.4, 0.5) is 0 Å². The zero-order valence-corrected chi connectivity index (χ0v) is 15.4. The Labute approximate surface area is 147 Å². The topological polar surface area (TPSA) is 54.9 Å². The molecule has 1 atom stereocenters. The molecule has 0 saturated heterocycles. The zero-order chi connectivity index (χ0) is 15.9. The van der Waals surface area contributed by atoms with Crippen LogP contribution in [0.25, 0.3) is 0 Å². The average Bonchev–Trinajstić information content (AvgIpc) is 2.99. The van der Waals surface area contributed by atoms with Crippen molar-refractivity contribution < 1.29 is 4.79 Å². The minimum atomic E-state index is -0.00676. The number of nitrogens with zero attached hydrogens (tertiary/aromatic N) is 2. The normalized spacial score (nSPS) is 12.1. The van der Waals surface area contributed by atoms with E-state index in [0.717, 1.165) is 20.7 Å². The Morgan fingerprint density at radius 3 is 2.59 bits per heavy atom. The van der Waals surface area contributed by atoms with Gasteiger partial charge < -0.3 is 5.32 Å². The summed E-state index contributed by atoms with van der Waals surface area (Å²) in [4.78, 5) is 12.1. The first kappa shape index (κ1) is 17.6. The molecule has 1 N–H and O–H groups in total. The lowest BCUT2D eigenvalue weighted by atomic mass is 10.0. The smallest absolute Gasteiger partial charge is 0.230 e. The molecule has 2 aromatic rings. The van der Waals surface area contributed by atoms with Gasteiger partial charge in [-0.15, -0.1) is 10.2 Å². The van der Waals surface area contributed by atoms with Crippen LogP contribution in [0.5, 0.6) is 0 Å². The van der Waals surface area contributed by atoms with Crippen molar-refractivity contribution >= 4 is 52.4 Å². The molecule has 118 valence electrons. The Balaban J connectivity index is 1.87. The van der Waals surface area contributed by atoms with Gasteiger partial charge in [-0.2, -0.15) is 0 Å². The number of amides is 1. The maximum atomic E-state index is 12.1. The number of thioether (sulfide) groups is 2. The van der Waals surface area contributed by atoms with Crippen LogP contribution in [-0.4, -0.2) is 28.1 Å². The fourth-order valence-corrected chi connectivity index (χ4v) is 4.19. The second-order valence-corrected chi connectivity index (χ2v) is 8.10. The number of hydrogen-bond donors (Lipinski definition) is 1. The average molecular weight is 374 g/mol. The molecule has 1 unspecified atom stereocenters. The van der Waals surface area contributed by atoms with Crippen LogP contribution in [0.2, 0.25) is 5.02 Å². The van der Waals surface area contributed by atoms with Gasteiger partial charge in [0.05, 0.1) is 11.8 Å². The van der Waals surface area contributed by atoms with E-state index in [2.05, 4.69) is 15.5 Å². The lowest BCUT2D eigenvalue weighted by Crippen LogP contribution is -2.29. The Kier molecular flexibility index (Phi) is 7.01. The van der Waals surface area contributed by atoms with Crippen LogP contribution >= 0.6 is 46.5 Å². The summed E-state index contributed by atoms with van der Waals surface area (Å²) in [7, 11) is 0. The standard InChI is InChI=1S/C14H16ClN3OS3/c1-3-11(9-4-6-10(15)7-5-9)16-12(19)8-21-14-18-17-13(20-2)22-14/h4-7,11H,3,8H2,1-2H3,(H,16,19). The third kappa shape index (κ3) is 5.15. The molecule has 2 rings (SSSR count). The van der Waals surface area contributed by atoms with Crippen LogP contribution in [0.15, 0.2) is 32.9 Å². The lowest BCUT2D eigenvalue weighted by Gasteiger charge is -2.17. The number of carbonyl (C=O) groups is 1. The monoisotopic (exact) mass is 373 g/mol. The molecule has 8 heteroatoms. The molecule has 0 spiro atoms. The molecular weight excluding hydrogens is 358 g/mol. The fourth-order valence-electron chi connectivity index (χ4n) is 1.82. The number of hydrogen-bond acceptors (Lipinski definition) is 6. The van der Waals surface area contributed by atoms with Crippen LogP contribution in [0.1, 0.15) is 24.9 Å². The summed E-state index contributed by atoms with van der Waals surface area (Å²) >= 11 is 10.4. The first-order valence-corrected chi connectivity index (χ1v) is 10.1. The molecule has 0 bridgehead atoms. The van der Waals surface area contributed by atoms with Crippen molar-refractivity contribution in [1.29, 1.82) is 0 Å². The summed E-state index contributed by atoms with van der Waals surface area (Å²) in [6.45, 7) is 2.04. The molecule has 0 fully saturated rings. The highest BCUT2D eigenvalue weighted by atomic mass is 35.5. The summed E-state index contributed by atoms with van der Waals surface area (Å²) < 4.78 is 1.73. The number of nitrogens with one attached hydrogen (secondary N) is 1. The molecule has 1 amide bonds. The molecule has 22 heavy (non-hydrogen) atoms. The second kappa shape index (κ2) is 8.76. The van der Waals surface area contributed by atoms with E-state index in [1.54, 1.807) is 11.8 Å². The van der Waals surface area contributed by atoms with Gasteiger partial charge in [0.15, 0.2) is 8.68 Å². The predicted molar refractivity (Wildman–Crippen MR) is 95.0 cm³/mol. The quantitative estimate of drug-likeness (QED) is 0.734. The Bertz CT molecular complexity index is 618. The van der Waals surface area contributed by atoms with Crippen molar-refractivity contribution in [2.24, 2.45) is 0 Å². The van der Waals surface area contributed by atoms with Gasteiger partial charge in [0.25, 0.3) is 0 Å². The van der Waals surface area contributed by atoms with Crippen LogP contribution in [-0.2, 0) is 4.79 Å². The van der Waals surface area contributed by atoms with Gasteiger partial charge >= 0.3 is 0 Å². The van der Waals surface area contributed by atoms with E-state index in [-0.39, 0.29) is 11.9 Å². The molecule has 0 radical (unpaired) electrons. The van der Waals surface area contributed by atoms with Gasteiger partial charge in [-0.25, -0.2) is 0 Å². The largest absolute Gasteiger partial charge is 0.349 e. The maximum absolute atomic E-state index is 12.1. The summed E-state index contributed by atoms with van der Waals surface area (Å²) in [5, 5.41) is 11.8. The minimum Gasteiger partial charge on any atom is -0.349 e. The van der Waals surface area contributed by atoms with Gasteiger partial charge in [0.1, 0.15) is 0 Å². The predicted octanol–water partition coefficient (Wildman–Crippen LogP) is 4.27. The van der Waals surface area contributed by atoms with E-state index in [9.17, 15) is 4.79 Å². The van der Waals surface area contributed by atoms with Crippen LogP contribution in [0, 0.1) is 0 Å². The van der Waals surface area contributed by atoms with Crippen molar-refractivity contribution in [3.05, 3.63) is 34.9 Å². The van der Waals surface area contributed by atoms with E-state index in [1.807, 2.05) is 37.4 Å². The number of halogens is 1. The summed E-state index contributed by atoms with van der Waals surface area (Å²) in [6.07, 6.45) is 2.78. The number of benzene rings is 1. The number of rotatable bonds is 7. The maximum Gasteiger partial charge on any atom is 0.230 e. The Morgan fingerprint density at radius 2 is 2.00 bits per heavy atom. The molecule has 0 aliphatic rings. The first-order valence-electron chi connectivity index (χ1n) is 6.67. The molecule has 1 aromatic heterocycles. The highest BCUT2D eigenvalue weighted by molar-refractivity contribution is 8.03. The van der Waals surface area contributed by atoms with Crippen molar-refractivity contribution in [2.75, 3.05) is 12.0 Å². The van der Waals surface area contributed by atoms with E-state index in [0.29, 0.717) is 10.8 Å². The molecule has 0 aliphatic heterocycles. The van der Waals surface area contributed by atoms with Gasteiger partial charge in [-0.1, -0.05) is 65.5 Å². The highest BCUT2D eigenvalue weighted by Gasteiger charge is 2.14. The van der Waals surface area contributed by atoms with E-state index in [4.69, 9.17) is 11.6 Å². The third-order valence-electron chi connectivity index (χ3n) is 2.91. The highest BCUT2D eigenvalue weighted by Crippen LogP contribution is 2.27. The van der Waals surface area contributed by atoms with E-state index >= 15 is 0 Å². The minimum absolute atomic E-state index is 0.00143. The van der Waals surface area contributed by atoms with Crippen molar-refractivity contribution in [3.8, 4) is 0 Å². The SMILES string of the molecule is CCC(NC(=O)CSc1nnc(SC)s1)c1ccc(Cl)cc1. The van der Waals surface area contributed by atoms with Gasteiger partial charge in [0, 0.05) is 5.02 Å². The van der Waals surface area contributed by atoms with Crippen molar-refractivity contribution in [2.45, 2.75) is 28.1 Å². The molecular formula is C14H16ClN3OS3. The molecule has 1 aromatic carbocycles. The lowest BCUT2D eigenvalue weighted by molar-refractivity contribution is -0.119. The van der Waals surface area contributed by atoms with E-state index < -0.39 is 0 Å². The third-order valence-corrected chi connectivity index (χ3v) is 6.19. The van der Waals surface area contributed by atoms with Crippen LogP contribution in [0.3, 0.4) is 0 Å². The van der Waals surface area contributed by atoms with E-state index in [1.165, 1.54) is 23.1 Å². The molecule has 1 heterocycles. The van der Waals surface area contributed by atoms with Crippen molar-refractivity contribution in [1.82, 2.24) is 15.5 Å². The molecule has 0 saturated carbocycles.